The fourth-order valence-electron chi connectivity index (χ4n) is 3.66. The zero-order valence-electron chi connectivity index (χ0n) is 16.7. The fourth-order valence-corrected chi connectivity index (χ4v) is 5.57. The molecule has 3 aromatic rings. The average Bonchev–Trinajstić information content (AvgIpc) is 3.25. The summed E-state index contributed by atoms with van der Waals surface area (Å²) >= 11 is 13.4. The fraction of sp³-hybridized carbons (Fsp3) is 0.333. The van der Waals surface area contributed by atoms with E-state index in [1.807, 2.05) is 23.1 Å². The molecule has 0 radical (unpaired) electrons. The van der Waals surface area contributed by atoms with E-state index < -0.39 is 16.9 Å². The topological polar surface area (TPSA) is 68.8 Å². The van der Waals surface area contributed by atoms with Crippen molar-refractivity contribution in [2.75, 3.05) is 18.8 Å². The Hall–Kier alpha value is -1.87. The molecule has 0 amide bonds. The highest BCUT2D eigenvalue weighted by Crippen LogP contribution is 2.45. The first-order valence-corrected chi connectivity index (χ1v) is 11.5. The van der Waals surface area contributed by atoms with Gasteiger partial charge in [-0.15, -0.1) is 11.8 Å². The summed E-state index contributed by atoms with van der Waals surface area (Å²) in [5.41, 5.74) is 8.05. The quantitative estimate of drug-likeness (QED) is 0.349. The van der Waals surface area contributed by atoms with Crippen molar-refractivity contribution in [3.8, 4) is 11.1 Å². The molecule has 1 atom stereocenters. The van der Waals surface area contributed by atoms with Crippen LogP contribution in [0.3, 0.4) is 0 Å². The number of benzene rings is 1. The first-order chi connectivity index (χ1) is 14.8. The normalized spacial score (nSPS) is 15.9. The Bertz CT molecular complexity index is 1080. The summed E-state index contributed by atoms with van der Waals surface area (Å²) in [6.45, 7) is 3.72. The molecule has 2 aromatic heterocycles. The van der Waals surface area contributed by atoms with Crippen molar-refractivity contribution >= 4 is 40.8 Å². The average molecular weight is 484 g/mol. The first kappa shape index (κ1) is 22.3. The third-order valence-corrected chi connectivity index (χ3v) is 7.29. The third kappa shape index (κ3) is 4.67. The SMILES string of the molecule is CC(Sc1cc(-c2cnn(C3CCNCC3)c2)cnc1N)c1c(Cl)c(F)cc(F)c1Cl. The summed E-state index contributed by atoms with van der Waals surface area (Å²) < 4.78 is 29.9. The number of nitrogens with one attached hydrogen (secondary N) is 1. The van der Waals surface area contributed by atoms with Gasteiger partial charge in [0.25, 0.3) is 0 Å². The number of hydrogen-bond donors (Lipinski definition) is 2. The van der Waals surface area contributed by atoms with Crippen LogP contribution in [0.5, 0.6) is 0 Å². The van der Waals surface area contributed by atoms with Gasteiger partial charge < -0.3 is 11.1 Å². The molecular formula is C21H21Cl2F2N5S. The number of nitrogen functional groups attached to an aromatic ring is 1. The summed E-state index contributed by atoms with van der Waals surface area (Å²) in [5.74, 6) is -1.39. The number of halogens is 4. The highest BCUT2D eigenvalue weighted by atomic mass is 35.5. The molecule has 1 aromatic carbocycles. The van der Waals surface area contributed by atoms with Gasteiger partial charge in [-0.2, -0.15) is 5.10 Å². The van der Waals surface area contributed by atoms with Crippen molar-refractivity contribution in [2.24, 2.45) is 0 Å². The highest BCUT2D eigenvalue weighted by molar-refractivity contribution is 7.99. The van der Waals surface area contributed by atoms with E-state index >= 15 is 0 Å². The molecule has 10 heteroatoms. The number of anilines is 1. The Kier molecular flexibility index (Phi) is 6.71. The lowest BCUT2D eigenvalue weighted by molar-refractivity contribution is 0.343. The Morgan fingerprint density at radius 1 is 1.13 bits per heavy atom. The van der Waals surface area contributed by atoms with Crippen molar-refractivity contribution in [1.29, 1.82) is 0 Å². The molecule has 0 aliphatic carbocycles. The minimum absolute atomic E-state index is 0.189. The molecule has 0 spiro atoms. The van der Waals surface area contributed by atoms with Crippen molar-refractivity contribution in [1.82, 2.24) is 20.1 Å². The lowest BCUT2D eigenvalue weighted by Crippen LogP contribution is -2.29. The van der Waals surface area contributed by atoms with Gasteiger partial charge in [-0.05, 0) is 38.9 Å². The molecule has 1 fully saturated rings. The largest absolute Gasteiger partial charge is 0.383 e. The Morgan fingerprint density at radius 3 is 2.48 bits per heavy atom. The molecule has 3 N–H and O–H groups in total. The van der Waals surface area contributed by atoms with Gasteiger partial charge >= 0.3 is 0 Å². The molecule has 4 rings (SSSR count). The van der Waals surface area contributed by atoms with Crippen LogP contribution < -0.4 is 11.1 Å². The minimum Gasteiger partial charge on any atom is -0.383 e. The maximum absolute atomic E-state index is 13.9. The summed E-state index contributed by atoms with van der Waals surface area (Å²) in [4.78, 5) is 4.96. The second-order valence-corrected chi connectivity index (χ2v) is 9.58. The van der Waals surface area contributed by atoms with Crippen molar-refractivity contribution in [3.05, 3.63) is 58.0 Å². The molecule has 0 bridgehead atoms. The zero-order valence-corrected chi connectivity index (χ0v) is 19.0. The molecule has 164 valence electrons. The van der Waals surface area contributed by atoms with Crippen LogP contribution in [-0.4, -0.2) is 27.9 Å². The van der Waals surface area contributed by atoms with Gasteiger partial charge in [0.1, 0.15) is 17.5 Å². The van der Waals surface area contributed by atoms with Crippen molar-refractivity contribution < 1.29 is 8.78 Å². The van der Waals surface area contributed by atoms with Crippen molar-refractivity contribution in [2.45, 2.75) is 36.0 Å². The van der Waals surface area contributed by atoms with E-state index in [1.54, 1.807) is 13.1 Å². The number of nitrogens with zero attached hydrogens (tertiary/aromatic N) is 3. The molecule has 1 unspecified atom stereocenters. The van der Waals surface area contributed by atoms with Crippen LogP contribution in [0.1, 0.15) is 36.6 Å². The van der Waals surface area contributed by atoms with E-state index in [2.05, 4.69) is 15.4 Å². The Balaban J connectivity index is 1.60. The van der Waals surface area contributed by atoms with Gasteiger partial charge in [0.15, 0.2) is 0 Å². The number of thioether (sulfide) groups is 1. The van der Waals surface area contributed by atoms with Gasteiger partial charge in [0.2, 0.25) is 0 Å². The van der Waals surface area contributed by atoms with Crippen LogP contribution in [-0.2, 0) is 0 Å². The standard InChI is InChI=1S/C21H21Cl2F2N5S/c1-11(18-19(22)15(24)7-16(25)20(18)23)31-17-6-12(8-28-21(17)26)13-9-29-30(10-13)14-2-4-27-5-3-14/h6-11,14,27H,2-5H2,1H3,(H2,26,28). The highest BCUT2D eigenvalue weighted by Gasteiger charge is 2.23. The molecule has 1 saturated heterocycles. The van der Waals surface area contributed by atoms with Gasteiger partial charge in [0, 0.05) is 40.4 Å². The summed E-state index contributed by atoms with van der Waals surface area (Å²) in [6, 6.07) is 2.95. The molecular weight excluding hydrogens is 463 g/mol. The van der Waals surface area contributed by atoms with Crippen LogP contribution in [0.2, 0.25) is 10.0 Å². The number of hydrogen-bond acceptors (Lipinski definition) is 5. The molecule has 3 heterocycles. The second-order valence-electron chi connectivity index (χ2n) is 7.44. The lowest BCUT2D eigenvalue weighted by Gasteiger charge is -2.22. The number of piperidine rings is 1. The van der Waals surface area contributed by atoms with E-state index in [4.69, 9.17) is 28.9 Å². The van der Waals surface area contributed by atoms with E-state index in [-0.39, 0.29) is 15.6 Å². The first-order valence-electron chi connectivity index (χ1n) is 9.85. The maximum Gasteiger partial charge on any atom is 0.145 e. The number of pyridine rings is 1. The predicted molar refractivity (Wildman–Crippen MR) is 122 cm³/mol. The van der Waals surface area contributed by atoms with E-state index in [9.17, 15) is 8.78 Å². The van der Waals surface area contributed by atoms with Crippen LogP contribution >= 0.6 is 35.0 Å². The van der Waals surface area contributed by atoms with Crippen LogP contribution in [0.4, 0.5) is 14.6 Å². The molecule has 31 heavy (non-hydrogen) atoms. The molecule has 1 aliphatic heterocycles. The predicted octanol–water partition coefficient (Wildman–Crippen LogP) is 5.89. The number of nitrogens with two attached hydrogens (primary N) is 1. The van der Waals surface area contributed by atoms with Crippen LogP contribution in [0, 0.1) is 11.6 Å². The van der Waals surface area contributed by atoms with E-state index in [0.717, 1.165) is 37.1 Å². The van der Waals surface area contributed by atoms with E-state index in [1.165, 1.54) is 11.8 Å². The summed E-state index contributed by atoms with van der Waals surface area (Å²) in [7, 11) is 0. The summed E-state index contributed by atoms with van der Waals surface area (Å²) in [6.07, 6.45) is 7.58. The second kappa shape index (κ2) is 9.32. The number of rotatable bonds is 5. The van der Waals surface area contributed by atoms with Gasteiger partial charge in [0.05, 0.1) is 27.2 Å². The lowest BCUT2D eigenvalue weighted by atomic mass is 10.1. The van der Waals surface area contributed by atoms with Gasteiger partial charge in [-0.3, -0.25) is 4.68 Å². The van der Waals surface area contributed by atoms with Crippen molar-refractivity contribution in [3.63, 3.8) is 0 Å². The number of aromatic nitrogens is 3. The third-order valence-electron chi connectivity index (χ3n) is 5.36. The summed E-state index contributed by atoms with van der Waals surface area (Å²) in [5, 5.41) is 7.02. The monoisotopic (exact) mass is 483 g/mol. The Morgan fingerprint density at radius 2 is 1.81 bits per heavy atom. The zero-order chi connectivity index (χ0) is 22.1. The van der Waals surface area contributed by atoms with Crippen LogP contribution in [0.15, 0.2) is 35.6 Å². The Labute approximate surface area is 193 Å². The molecule has 1 aliphatic rings. The van der Waals surface area contributed by atoms with Crippen LogP contribution in [0.25, 0.3) is 11.1 Å². The smallest absolute Gasteiger partial charge is 0.145 e. The molecule has 5 nitrogen and oxygen atoms in total. The maximum atomic E-state index is 13.9. The van der Waals surface area contributed by atoms with Gasteiger partial charge in [-0.25, -0.2) is 13.8 Å². The molecule has 0 saturated carbocycles. The minimum atomic E-state index is -0.851. The van der Waals surface area contributed by atoms with E-state index in [0.29, 0.717) is 22.8 Å². The van der Waals surface area contributed by atoms with Gasteiger partial charge in [-0.1, -0.05) is 23.2 Å².